The molecule has 4 heterocycles. The van der Waals surface area contributed by atoms with Gasteiger partial charge in [0.15, 0.2) is 0 Å². The zero-order valence-electron chi connectivity index (χ0n) is 25.1. The van der Waals surface area contributed by atoms with E-state index in [2.05, 4.69) is 149 Å². The molecule has 1 N–H and O–H groups in total. The second-order valence-electron chi connectivity index (χ2n) is 12.4. The summed E-state index contributed by atoms with van der Waals surface area (Å²) in [7, 11) is 0. The van der Waals surface area contributed by atoms with E-state index in [9.17, 15) is 0 Å². The van der Waals surface area contributed by atoms with E-state index in [0.29, 0.717) is 0 Å². The first-order valence-electron chi connectivity index (χ1n) is 15.9. The molecule has 0 saturated carbocycles. The average molecular weight is 636 g/mol. The maximum absolute atomic E-state index is 5.67. The van der Waals surface area contributed by atoms with Crippen LogP contribution in [0.2, 0.25) is 0 Å². The lowest BCUT2D eigenvalue weighted by Crippen LogP contribution is -2.26. The van der Waals surface area contributed by atoms with Crippen LogP contribution < -0.4 is 5.32 Å². The highest BCUT2D eigenvalue weighted by atomic mass is 32.1. The van der Waals surface area contributed by atoms with Crippen LogP contribution in [0.1, 0.15) is 16.5 Å². The lowest BCUT2D eigenvalue weighted by molar-refractivity contribution is 0.875. The summed E-state index contributed by atoms with van der Waals surface area (Å²) in [5, 5.41) is 15.1. The molecule has 5 heteroatoms. The Kier molecular flexibility index (Phi) is 5.20. The van der Waals surface area contributed by atoms with Gasteiger partial charge in [-0.3, -0.25) is 4.57 Å². The number of nitrogens with one attached hydrogen (secondary N) is 1. The molecule has 0 spiro atoms. The van der Waals surface area contributed by atoms with Gasteiger partial charge in [-0.15, -0.1) is 22.7 Å². The van der Waals surface area contributed by atoms with Crippen molar-refractivity contribution in [2.45, 2.75) is 6.04 Å². The molecule has 11 rings (SSSR count). The minimum Gasteiger partial charge on any atom is -0.324 e. The zero-order chi connectivity index (χ0) is 30.6. The monoisotopic (exact) mass is 635 g/mol. The molecular weight excluding hydrogens is 611 g/mol. The number of rotatable bonds is 1. The number of aromatic nitrogens is 1. The maximum atomic E-state index is 5.67. The molecule has 10 aromatic rings. The van der Waals surface area contributed by atoms with Crippen LogP contribution in [-0.2, 0) is 0 Å². The lowest BCUT2D eigenvalue weighted by Gasteiger charge is -2.25. The number of aliphatic imine (C=N–C) groups is 1. The predicted molar refractivity (Wildman–Crippen MR) is 204 cm³/mol. The Bertz CT molecular complexity index is 2960. The van der Waals surface area contributed by atoms with Gasteiger partial charge in [-0.25, -0.2) is 4.99 Å². The number of anilines is 1. The lowest BCUT2D eigenvalue weighted by atomic mass is 10.0. The molecular formula is C42H25N3S2. The van der Waals surface area contributed by atoms with Gasteiger partial charge in [-0.2, -0.15) is 0 Å². The molecule has 0 aliphatic carbocycles. The van der Waals surface area contributed by atoms with E-state index in [-0.39, 0.29) is 6.04 Å². The average Bonchev–Trinajstić information content (AvgIpc) is 3.79. The summed E-state index contributed by atoms with van der Waals surface area (Å²) in [5.41, 5.74) is 4.71. The van der Waals surface area contributed by atoms with Crippen LogP contribution in [0, 0.1) is 0 Å². The molecule has 0 fully saturated rings. The van der Waals surface area contributed by atoms with Crippen molar-refractivity contribution in [2.24, 2.45) is 4.99 Å². The van der Waals surface area contributed by atoms with Crippen molar-refractivity contribution >= 4 is 108 Å². The summed E-state index contributed by atoms with van der Waals surface area (Å²) >= 11 is 3.71. The van der Waals surface area contributed by atoms with Crippen LogP contribution >= 0.6 is 22.7 Å². The molecule has 220 valence electrons. The molecule has 1 aliphatic rings. The van der Waals surface area contributed by atoms with E-state index < -0.39 is 0 Å². The molecule has 0 bridgehead atoms. The first-order chi connectivity index (χ1) is 23.3. The van der Waals surface area contributed by atoms with Crippen LogP contribution in [-0.4, -0.2) is 10.5 Å². The normalized spacial score (nSPS) is 14.9. The highest BCUT2D eigenvalue weighted by Crippen LogP contribution is 2.48. The van der Waals surface area contributed by atoms with Gasteiger partial charge in [-0.1, -0.05) is 103 Å². The second-order valence-corrected chi connectivity index (χ2v) is 14.6. The summed E-state index contributed by atoms with van der Waals surface area (Å²) in [6.45, 7) is 0. The van der Waals surface area contributed by atoms with E-state index in [1.165, 1.54) is 78.5 Å². The Hall–Kier alpha value is -5.49. The standard InChI is InChI=1S/C42H25N3S2/c1-2-11-26-23-34-32(21-25(26)10-1)30-19-17-24-9-3-4-12-28(24)40(30)45(34)42-43-38(41-39(44-42)31-14-6-8-16-36(31)47-41)27-18-20-37-33(22-27)29-13-5-7-15-35(29)46-37/h1-23,38H,(H,43,44). The van der Waals surface area contributed by atoms with Crippen molar-refractivity contribution in [1.29, 1.82) is 0 Å². The third kappa shape index (κ3) is 3.64. The fourth-order valence-electron chi connectivity index (χ4n) is 7.65. The summed E-state index contributed by atoms with van der Waals surface area (Å²) in [6.07, 6.45) is 0. The van der Waals surface area contributed by atoms with E-state index in [1.807, 2.05) is 22.7 Å². The largest absolute Gasteiger partial charge is 0.324 e. The molecule has 0 saturated heterocycles. The number of fused-ring (bicyclic) bond motifs is 12. The first-order valence-corrected chi connectivity index (χ1v) is 17.5. The quantitative estimate of drug-likeness (QED) is 0.191. The number of nitrogens with zero attached hydrogens (tertiary/aromatic N) is 2. The summed E-state index contributed by atoms with van der Waals surface area (Å²) in [6, 6.07) is 50.9. The molecule has 3 nitrogen and oxygen atoms in total. The highest BCUT2D eigenvalue weighted by Gasteiger charge is 2.30. The minimum atomic E-state index is -0.148. The van der Waals surface area contributed by atoms with Crippen molar-refractivity contribution in [3.05, 3.63) is 150 Å². The Morgan fingerprint density at radius 2 is 1.19 bits per heavy atom. The fourth-order valence-corrected chi connectivity index (χ4v) is 9.96. The van der Waals surface area contributed by atoms with Crippen molar-refractivity contribution in [1.82, 2.24) is 4.57 Å². The van der Waals surface area contributed by atoms with Crippen LogP contribution in [0.5, 0.6) is 0 Å². The smallest absolute Gasteiger partial charge is 0.208 e. The van der Waals surface area contributed by atoms with E-state index in [1.54, 1.807) is 0 Å². The van der Waals surface area contributed by atoms with E-state index in [4.69, 9.17) is 4.99 Å². The molecule has 0 amide bonds. The highest BCUT2D eigenvalue weighted by molar-refractivity contribution is 7.25. The molecule has 1 atom stereocenters. The number of hydrogen-bond donors (Lipinski definition) is 1. The number of hydrogen-bond acceptors (Lipinski definition) is 4. The third-order valence-electron chi connectivity index (χ3n) is 9.81. The first kappa shape index (κ1) is 25.7. The Morgan fingerprint density at radius 1 is 0.511 bits per heavy atom. The van der Waals surface area contributed by atoms with Crippen LogP contribution in [0.3, 0.4) is 0 Å². The van der Waals surface area contributed by atoms with Crippen LogP contribution in [0.4, 0.5) is 5.69 Å². The molecule has 47 heavy (non-hydrogen) atoms. The van der Waals surface area contributed by atoms with E-state index >= 15 is 0 Å². The van der Waals surface area contributed by atoms with Crippen molar-refractivity contribution in [3.63, 3.8) is 0 Å². The van der Waals surface area contributed by atoms with Crippen molar-refractivity contribution < 1.29 is 0 Å². The Morgan fingerprint density at radius 3 is 2.04 bits per heavy atom. The topological polar surface area (TPSA) is 29.3 Å². The van der Waals surface area contributed by atoms with E-state index in [0.717, 1.165) is 17.2 Å². The van der Waals surface area contributed by atoms with Crippen LogP contribution in [0.15, 0.2) is 145 Å². The summed E-state index contributed by atoms with van der Waals surface area (Å²) in [4.78, 5) is 6.93. The molecule has 1 aliphatic heterocycles. The summed E-state index contributed by atoms with van der Waals surface area (Å²) < 4.78 is 6.29. The van der Waals surface area contributed by atoms with Gasteiger partial charge in [0.25, 0.3) is 0 Å². The SMILES string of the molecule is c1ccc2cc3c(cc2c1)c1ccc2ccccc2c1n3C1=NC(c2ccc3sc4ccccc4c3c2)c2sc3ccccc3c2N1. The van der Waals surface area contributed by atoms with Gasteiger partial charge in [0.1, 0.15) is 6.04 Å². The fraction of sp³-hybridized carbons (Fsp3) is 0.0238. The molecule has 0 radical (unpaired) electrons. The maximum Gasteiger partial charge on any atom is 0.208 e. The number of thiophene rings is 2. The summed E-state index contributed by atoms with van der Waals surface area (Å²) in [5.74, 6) is 0.855. The third-order valence-corrected chi connectivity index (χ3v) is 12.2. The minimum absolute atomic E-state index is 0.148. The molecule has 7 aromatic carbocycles. The zero-order valence-corrected chi connectivity index (χ0v) is 26.7. The van der Waals surface area contributed by atoms with Gasteiger partial charge in [0.05, 0.1) is 21.6 Å². The van der Waals surface area contributed by atoms with Gasteiger partial charge in [0.2, 0.25) is 5.96 Å². The Balaban J connectivity index is 1.25. The molecule has 3 aromatic heterocycles. The second kappa shape index (κ2) is 9.52. The number of benzene rings is 7. The Labute approximate surface area is 277 Å². The van der Waals surface area contributed by atoms with Crippen LogP contribution in [0.25, 0.3) is 73.6 Å². The van der Waals surface area contributed by atoms with Gasteiger partial charge in [-0.05, 0) is 58.1 Å². The predicted octanol–water partition coefficient (Wildman–Crippen LogP) is 12.1. The van der Waals surface area contributed by atoms with Gasteiger partial charge >= 0.3 is 0 Å². The van der Waals surface area contributed by atoms with Crippen molar-refractivity contribution in [2.75, 3.05) is 5.32 Å². The van der Waals surface area contributed by atoms with Gasteiger partial charge < -0.3 is 5.32 Å². The van der Waals surface area contributed by atoms with Crippen molar-refractivity contribution in [3.8, 4) is 0 Å². The van der Waals surface area contributed by atoms with Gasteiger partial charge in [0, 0.05) is 46.4 Å². The molecule has 1 unspecified atom stereocenters.